The first-order valence-corrected chi connectivity index (χ1v) is 3.43. The largest absolute Gasteiger partial charge is 0.478 e. The van der Waals surface area contributed by atoms with E-state index in [1.54, 1.807) is 0 Å². The molecule has 5 heteroatoms. The van der Waals surface area contributed by atoms with Crippen molar-refractivity contribution in [3.8, 4) is 0 Å². The maximum Gasteiger partial charge on any atom is 0.409 e. The average Bonchev–Trinajstić information content (AvgIpc) is 2.04. The molecule has 0 aromatic heterocycles. The molecule has 1 aromatic rings. The molecule has 1 aromatic carbocycles. The number of hydrogen-bond donors (Lipinski definition) is 3. The number of carboxylic acids is 1. The Morgan fingerprint density at radius 3 is 2.00 bits per heavy atom. The van der Waals surface area contributed by atoms with Crippen molar-refractivity contribution in [2.24, 2.45) is 0 Å². The van der Waals surface area contributed by atoms with Gasteiger partial charge in [0.2, 0.25) is 0 Å². The van der Waals surface area contributed by atoms with Crippen molar-refractivity contribution in [3.63, 3.8) is 0 Å². The van der Waals surface area contributed by atoms with Gasteiger partial charge in [-0.05, 0) is 24.3 Å². The van der Waals surface area contributed by atoms with Crippen LogP contribution in [0.25, 0.3) is 0 Å². The molecule has 0 aliphatic heterocycles. The predicted octanol–water partition coefficient (Wildman–Crippen LogP) is 1.47. The number of aromatic carboxylic acids is 1. The van der Waals surface area contributed by atoms with Crippen LogP contribution in [0.15, 0.2) is 24.3 Å². The van der Waals surface area contributed by atoms with E-state index in [9.17, 15) is 9.59 Å². The van der Waals surface area contributed by atoms with Gasteiger partial charge in [-0.1, -0.05) is 0 Å². The molecule has 68 valence electrons. The zero-order valence-corrected chi connectivity index (χ0v) is 6.52. The maximum atomic E-state index is 10.4. The highest BCUT2D eigenvalue weighted by Gasteiger charge is 2.02. The van der Waals surface area contributed by atoms with E-state index in [1.165, 1.54) is 24.3 Å². The minimum atomic E-state index is -1.18. The van der Waals surface area contributed by atoms with Crippen LogP contribution in [-0.4, -0.2) is 22.3 Å². The topological polar surface area (TPSA) is 86.6 Å². The van der Waals surface area contributed by atoms with E-state index in [2.05, 4.69) is 5.32 Å². The van der Waals surface area contributed by atoms with Gasteiger partial charge >= 0.3 is 12.1 Å². The molecular formula is C8H7NO4. The van der Waals surface area contributed by atoms with E-state index in [4.69, 9.17) is 10.2 Å². The summed E-state index contributed by atoms with van der Waals surface area (Å²) in [6.07, 6.45) is -1.18. The van der Waals surface area contributed by atoms with Gasteiger partial charge in [-0.15, -0.1) is 0 Å². The third-order valence-corrected chi connectivity index (χ3v) is 1.38. The lowest BCUT2D eigenvalue weighted by Crippen LogP contribution is -2.07. The Kier molecular flexibility index (Phi) is 2.49. The summed E-state index contributed by atoms with van der Waals surface area (Å²) in [5, 5.41) is 18.9. The van der Waals surface area contributed by atoms with E-state index in [0.29, 0.717) is 5.69 Å². The summed E-state index contributed by atoms with van der Waals surface area (Å²) in [5.74, 6) is -1.04. The highest BCUT2D eigenvalue weighted by atomic mass is 16.4. The van der Waals surface area contributed by atoms with Crippen LogP contribution in [0, 0.1) is 0 Å². The minimum absolute atomic E-state index is 0.121. The van der Waals surface area contributed by atoms with E-state index >= 15 is 0 Å². The van der Waals surface area contributed by atoms with Crippen molar-refractivity contribution >= 4 is 17.7 Å². The lowest BCUT2D eigenvalue weighted by Gasteiger charge is -1.99. The molecule has 0 fully saturated rings. The molecular weight excluding hydrogens is 174 g/mol. The Balaban J connectivity index is 2.81. The van der Waals surface area contributed by atoms with Gasteiger partial charge in [-0.25, -0.2) is 9.59 Å². The third-order valence-electron chi connectivity index (χ3n) is 1.38. The molecule has 0 atom stereocenters. The minimum Gasteiger partial charge on any atom is -0.478 e. The third kappa shape index (κ3) is 2.48. The van der Waals surface area contributed by atoms with Crippen molar-refractivity contribution in [2.75, 3.05) is 5.32 Å². The fourth-order valence-corrected chi connectivity index (χ4v) is 0.820. The molecule has 0 unspecified atom stereocenters. The van der Waals surface area contributed by atoms with Crippen LogP contribution in [0.3, 0.4) is 0 Å². The Morgan fingerprint density at radius 1 is 1.08 bits per heavy atom. The fraction of sp³-hybridized carbons (Fsp3) is 0. The highest BCUT2D eigenvalue weighted by molar-refractivity contribution is 5.89. The first-order chi connectivity index (χ1) is 6.09. The summed E-state index contributed by atoms with van der Waals surface area (Å²) in [7, 11) is 0. The number of carboxylic acid groups (broad SMARTS) is 2. The standard InChI is InChI=1S/C8H7NO4/c10-7(11)5-1-3-6(4-2-5)9-8(12)13/h1-4,9H,(H,10,11)(H,12,13). The summed E-state index contributed by atoms with van der Waals surface area (Å²) >= 11 is 0. The Hall–Kier alpha value is -2.04. The van der Waals surface area contributed by atoms with Crippen LogP contribution in [-0.2, 0) is 0 Å². The van der Waals surface area contributed by atoms with Crippen LogP contribution in [0.4, 0.5) is 10.5 Å². The summed E-state index contributed by atoms with van der Waals surface area (Å²) in [5.41, 5.74) is 0.466. The van der Waals surface area contributed by atoms with Gasteiger partial charge in [-0.3, -0.25) is 5.32 Å². The normalized spacial score (nSPS) is 9.23. The van der Waals surface area contributed by atoms with Crippen LogP contribution in [0.1, 0.15) is 10.4 Å². The molecule has 0 saturated carbocycles. The van der Waals surface area contributed by atoms with Crippen molar-refractivity contribution < 1.29 is 19.8 Å². The van der Waals surface area contributed by atoms with Crippen LogP contribution < -0.4 is 5.32 Å². The van der Waals surface area contributed by atoms with Crippen LogP contribution in [0.5, 0.6) is 0 Å². The monoisotopic (exact) mass is 181 g/mol. The second kappa shape index (κ2) is 3.57. The summed E-state index contributed by atoms with van der Waals surface area (Å²) in [6.45, 7) is 0. The molecule has 0 bridgehead atoms. The van der Waals surface area contributed by atoms with Gasteiger partial charge in [0.05, 0.1) is 5.56 Å². The van der Waals surface area contributed by atoms with Gasteiger partial charge in [0, 0.05) is 5.69 Å². The molecule has 0 heterocycles. The first kappa shape index (κ1) is 9.05. The molecule has 5 nitrogen and oxygen atoms in total. The Morgan fingerprint density at radius 2 is 1.62 bits per heavy atom. The van der Waals surface area contributed by atoms with Crippen LogP contribution >= 0.6 is 0 Å². The molecule has 3 N–H and O–H groups in total. The van der Waals surface area contributed by atoms with E-state index in [-0.39, 0.29) is 5.56 Å². The SMILES string of the molecule is O=C(O)Nc1ccc(C(=O)O)cc1. The van der Waals surface area contributed by atoms with E-state index < -0.39 is 12.1 Å². The molecule has 0 spiro atoms. The van der Waals surface area contributed by atoms with Crippen molar-refractivity contribution in [2.45, 2.75) is 0 Å². The van der Waals surface area contributed by atoms with Crippen molar-refractivity contribution in [3.05, 3.63) is 29.8 Å². The average molecular weight is 181 g/mol. The van der Waals surface area contributed by atoms with Gasteiger partial charge in [0.15, 0.2) is 0 Å². The van der Waals surface area contributed by atoms with Gasteiger partial charge in [0.1, 0.15) is 0 Å². The van der Waals surface area contributed by atoms with E-state index in [1.807, 2.05) is 0 Å². The molecule has 0 saturated heterocycles. The zero-order valence-electron chi connectivity index (χ0n) is 6.52. The van der Waals surface area contributed by atoms with Gasteiger partial charge in [-0.2, -0.15) is 0 Å². The van der Waals surface area contributed by atoms with Gasteiger partial charge in [0.25, 0.3) is 0 Å². The Bertz CT molecular complexity index is 331. The Labute approximate surface area is 73.6 Å². The number of benzene rings is 1. The maximum absolute atomic E-state index is 10.4. The fourth-order valence-electron chi connectivity index (χ4n) is 0.820. The van der Waals surface area contributed by atoms with Crippen LogP contribution in [0.2, 0.25) is 0 Å². The lowest BCUT2D eigenvalue weighted by molar-refractivity contribution is 0.0697. The number of hydrogen-bond acceptors (Lipinski definition) is 2. The van der Waals surface area contributed by atoms with Crippen molar-refractivity contribution in [1.29, 1.82) is 0 Å². The summed E-state index contributed by atoms with van der Waals surface area (Å²) in [6, 6.07) is 5.43. The molecule has 0 radical (unpaired) electrons. The van der Waals surface area contributed by atoms with Gasteiger partial charge < -0.3 is 10.2 Å². The smallest absolute Gasteiger partial charge is 0.409 e. The van der Waals surface area contributed by atoms with Crippen molar-refractivity contribution in [1.82, 2.24) is 0 Å². The summed E-state index contributed by atoms with van der Waals surface area (Å²) < 4.78 is 0. The summed E-state index contributed by atoms with van der Waals surface area (Å²) in [4.78, 5) is 20.6. The molecule has 0 aliphatic carbocycles. The number of amides is 1. The van der Waals surface area contributed by atoms with E-state index in [0.717, 1.165) is 0 Å². The number of rotatable bonds is 2. The molecule has 1 amide bonds. The second-order valence-electron chi connectivity index (χ2n) is 2.31. The number of carbonyl (C=O) groups is 2. The zero-order chi connectivity index (χ0) is 9.84. The first-order valence-electron chi connectivity index (χ1n) is 3.43. The predicted molar refractivity (Wildman–Crippen MR) is 45.0 cm³/mol. The molecule has 0 aliphatic rings. The quantitative estimate of drug-likeness (QED) is 0.644. The number of anilines is 1. The second-order valence-corrected chi connectivity index (χ2v) is 2.31. The highest BCUT2D eigenvalue weighted by Crippen LogP contribution is 2.08. The lowest BCUT2D eigenvalue weighted by atomic mass is 10.2. The molecule has 1 rings (SSSR count). The number of nitrogens with one attached hydrogen (secondary N) is 1. The molecule has 13 heavy (non-hydrogen) atoms.